The Morgan fingerprint density at radius 2 is 2.05 bits per heavy atom. The van der Waals surface area contributed by atoms with Crippen molar-refractivity contribution in [1.29, 1.82) is 0 Å². The number of hydrogen-bond acceptors (Lipinski definition) is 4. The summed E-state index contributed by atoms with van der Waals surface area (Å²) in [7, 11) is 1.68. The zero-order valence-electron chi connectivity index (χ0n) is 10.5. The molecule has 2 heterocycles. The highest BCUT2D eigenvalue weighted by molar-refractivity contribution is 9.10. The van der Waals surface area contributed by atoms with E-state index in [1.54, 1.807) is 37.5 Å². The number of tetrazole rings is 1. The van der Waals surface area contributed by atoms with Crippen LogP contribution in [0.1, 0.15) is 0 Å². The lowest BCUT2D eigenvalue weighted by Crippen LogP contribution is -1.92. The maximum absolute atomic E-state index is 13.9. The minimum Gasteiger partial charge on any atom is -0.252 e. The second-order valence-corrected chi connectivity index (χ2v) is 5.07. The largest absolute Gasteiger partial charge is 0.252 e. The van der Waals surface area contributed by atoms with Crippen molar-refractivity contribution in [2.24, 2.45) is 7.05 Å². The van der Waals surface area contributed by atoms with Gasteiger partial charge in [0.2, 0.25) is 5.82 Å². The normalized spacial score (nSPS) is 10.8. The molecular formula is C13H9BrFN5. The van der Waals surface area contributed by atoms with Crippen molar-refractivity contribution in [2.45, 2.75) is 0 Å². The summed E-state index contributed by atoms with van der Waals surface area (Å²) in [5.41, 5.74) is 1.79. The molecule has 0 spiro atoms. The number of hydrogen-bond donors (Lipinski definition) is 0. The molecule has 0 N–H and O–H groups in total. The van der Waals surface area contributed by atoms with Gasteiger partial charge in [-0.2, -0.15) is 4.80 Å². The highest BCUT2D eigenvalue weighted by Gasteiger charge is 2.09. The summed E-state index contributed by atoms with van der Waals surface area (Å²) in [4.78, 5) is 5.61. The molecule has 0 amide bonds. The summed E-state index contributed by atoms with van der Waals surface area (Å²) in [6.07, 6.45) is 1.60. The highest BCUT2D eigenvalue weighted by Crippen LogP contribution is 2.25. The molecular weight excluding hydrogens is 325 g/mol. The van der Waals surface area contributed by atoms with Gasteiger partial charge in [0.1, 0.15) is 11.5 Å². The second-order valence-electron chi connectivity index (χ2n) is 4.16. The summed E-state index contributed by atoms with van der Waals surface area (Å²) < 4.78 is 14.6. The Balaban J connectivity index is 1.97. The predicted molar refractivity (Wildman–Crippen MR) is 75.1 cm³/mol. The van der Waals surface area contributed by atoms with Gasteiger partial charge in [0, 0.05) is 21.8 Å². The van der Waals surface area contributed by atoms with Gasteiger partial charge in [-0.3, -0.25) is 4.98 Å². The monoisotopic (exact) mass is 333 g/mol. The number of pyridine rings is 1. The molecule has 0 atom stereocenters. The zero-order chi connectivity index (χ0) is 14.1. The molecule has 0 aliphatic rings. The molecule has 3 aromatic rings. The minimum absolute atomic E-state index is 0.299. The van der Waals surface area contributed by atoms with Crippen LogP contribution in [0.3, 0.4) is 0 Å². The van der Waals surface area contributed by atoms with Crippen molar-refractivity contribution in [2.75, 3.05) is 0 Å². The fourth-order valence-electron chi connectivity index (χ4n) is 1.80. The maximum atomic E-state index is 13.9. The Morgan fingerprint density at radius 1 is 1.20 bits per heavy atom. The summed E-state index contributed by atoms with van der Waals surface area (Å²) in [5.74, 6) is 0.141. The van der Waals surface area contributed by atoms with Gasteiger partial charge in [-0.1, -0.05) is 28.1 Å². The fraction of sp³-hybridized carbons (Fsp3) is 0.0769. The van der Waals surface area contributed by atoms with E-state index in [9.17, 15) is 4.39 Å². The molecule has 2 aromatic heterocycles. The molecule has 0 saturated carbocycles. The SMILES string of the molecule is Cn1nnc(-c2ccc(-c3ccc(Br)cc3F)cn2)n1. The maximum Gasteiger partial charge on any atom is 0.223 e. The average molecular weight is 334 g/mol. The van der Waals surface area contributed by atoms with Crippen LogP contribution in [0.15, 0.2) is 41.0 Å². The number of aryl methyl sites for hydroxylation is 1. The van der Waals surface area contributed by atoms with Crippen molar-refractivity contribution in [3.8, 4) is 22.6 Å². The van der Waals surface area contributed by atoms with Gasteiger partial charge in [-0.15, -0.1) is 10.2 Å². The Hall–Kier alpha value is -2.15. The van der Waals surface area contributed by atoms with Crippen molar-refractivity contribution >= 4 is 15.9 Å². The van der Waals surface area contributed by atoms with Crippen LogP contribution in [0.4, 0.5) is 4.39 Å². The van der Waals surface area contributed by atoms with E-state index in [1.165, 1.54) is 10.9 Å². The van der Waals surface area contributed by atoms with E-state index in [4.69, 9.17) is 0 Å². The van der Waals surface area contributed by atoms with E-state index in [-0.39, 0.29) is 5.82 Å². The third kappa shape index (κ3) is 2.44. The van der Waals surface area contributed by atoms with E-state index >= 15 is 0 Å². The predicted octanol–water partition coefficient (Wildman–Crippen LogP) is 2.84. The summed E-state index contributed by atoms with van der Waals surface area (Å²) in [6.45, 7) is 0. The van der Waals surface area contributed by atoms with Crippen LogP contribution in [0.25, 0.3) is 22.6 Å². The smallest absolute Gasteiger partial charge is 0.223 e. The first kappa shape index (κ1) is 12.9. The first-order valence-electron chi connectivity index (χ1n) is 5.79. The minimum atomic E-state index is -0.299. The Morgan fingerprint density at radius 3 is 2.65 bits per heavy atom. The third-order valence-corrected chi connectivity index (χ3v) is 3.24. The lowest BCUT2D eigenvalue weighted by Gasteiger charge is -2.04. The number of aromatic nitrogens is 5. The Bertz CT molecular complexity index is 754. The van der Waals surface area contributed by atoms with Gasteiger partial charge in [0.25, 0.3) is 0 Å². The molecule has 7 heteroatoms. The summed E-state index contributed by atoms with van der Waals surface area (Å²) >= 11 is 3.23. The van der Waals surface area contributed by atoms with Gasteiger partial charge >= 0.3 is 0 Å². The Labute approximate surface area is 122 Å². The van der Waals surface area contributed by atoms with Crippen molar-refractivity contribution < 1.29 is 4.39 Å². The molecule has 5 nitrogen and oxygen atoms in total. The average Bonchev–Trinajstić information content (AvgIpc) is 2.86. The van der Waals surface area contributed by atoms with Crippen LogP contribution < -0.4 is 0 Å². The van der Waals surface area contributed by atoms with E-state index < -0.39 is 0 Å². The summed E-state index contributed by atoms with van der Waals surface area (Å²) in [5, 5.41) is 11.7. The van der Waals surface area contributed by atoms with Crippen LogP contribution in [-0.2, 0) is 7.05 Å². The third-order valence-electron chi connectivity index (χ3n) is 2.74. The Kier molecular flexibility index (Phi) is 3.27. The van der Waals surface area contributed by atoms with Gasteiger partial charge in [0.15, 0.2) is 0 Å². The molecule has 20 heavy (non-hydrogen) atoms. The number of halogens is 2. The van der Waals surface area contributed by atoms with Gasteiger partial charge in [0.05, 0.1) is 7.05 Å². The number of benzene rings is 1. The van der Waals surface area contributed by atoms with E-state index in [1.807, 2.05) is 0 Å². The lowest BCUT2D eigenvalue weighted by atomic mass is 10.1. The summed E-state index contributed by atoms with van der Waals surface area (Å²) in [6, 6.07) is 8.44. The molecule has 0 radical (unpaired) electrons. The standard InChI is InChI=1S/C13H9BrFN5/c1-20-18-13(17-19-20)12-5-2-8(7-16-12)10-4-3-9(14)6-11(10)15/h2-7H,1H3. The highest BCUT2D eigenvalue weighted by atomic mass is 79.9. The van der Waals surface area contributed by atoms with Crippen LogP contribution in [0.5, 0.6) is 0 Å². The molecule has 0 aliphatic heterocycles. The van der Waals surface area contributed by atoms with Crippen molar-refractivity contribution in [3.63, 3.8) is 0 Å². The molecule has 0 unspecified atom stereocenters. The van der Waals surface area contributed by atoms with Gasteiger partial charge in [-0.25, -0.2) is 4.39 Å². The molecule has 0 saturated heterocycles. The molecule has 1 aromatic carbocycles. The van der Waals surface area contributed by atoms with Crippen LogP contribution in [0.2, 0.25) is 0 Å². The molecule has 0 aliphatic carbocycles. The van der Waals surface area contributed by atoms with E-state index in [0.29, 0.717) is 27.1 Å². The number of rotatable bonds is 2. The van der Waals surface area contributed by atoms with Crippen LogP contribution in [-0.4, -0.2) is 25.2 Å². The lowest BCUT2D eigenvalue weighted by molar-refractivity contribution is 0.630. The molecule has 0 fully saturated rings. The topological polar surface area (TPSA) is 56.5 Å². The van der Waals surface area contributed by atoms with Crippen LogP contribution >= 0.6 is 15.9 Å². The van der Waals surface area contributed by atoms with Gasteiger partial charge < -0.3 is 0 Å². The quantitative estimate of drug-likeness (QED) is 0.723. The first-order valence-corrected chi connectivity index (χ1v) is 6.58. The zero-order valence-corrected chi connectivity index (χ0v) is 12.0. The van der Waals surface area contributed by atoms with Gasteiger partial charge in [-0.05, 0) is 23.4 Å². The molecule has 3 rings (SSSR count). The first-order chi connectivity index (χ1) is 9.63. The van der Waals surface area contributed by atoms with Crippen molar-refractivity contribution in [1.82, 2.24) is 25.2 Å². The second kappa shape index (κ2) is 5.09. The van der Waals surface area contributed by atoms with Crippen molar-refractivity contribution in [3.05, 3.63) is 46.8 Å². The number of nitrogens with zero attached hydrogens (tertiary/aromatic N) is 5. The molecule has 0 bridgehead atoms. The fourth-order valence-corrected chi connectivity index (χ4v) is 2.13. The van der Waals surface area contributed by atoms with E-state index in [0.717, 1.165) is 0 Å². The van der Waals surface area contributed by atoms with Crippen LogP contribution in [0, 0.1) is 5.82 Å². The van der Waals surface area contributed by atoms with E-state index in [2.05, 4.69) is 36.3 Å². The molecule has 100 valence electrons.